The van der Waals surface area contributed by atoms with Crippen molar-refractivity contribution in [2.75, 3.05) is 40.5 Å². The molecule has 1 saturated heterocycles. The molecule has 7 heteroatoms. The number of carbonyl (C=O) groups excluding carboxylic acids is 1. The van der Waals surface area contributed by atoms with Crippen LogP contribution in [0, 0.1) is 27.7 Å². The minimum atomic E-state index is -0.882. The van der Waals surface area contributed by atoms with Crippen LogP contribution in [-0.4, -0.2) is 67.2 Å². The van der Waals surface area contributed by atoms with E-state index in [1.165, 1.54) is 10.6 Å². The molecule has 0 saturated carbocycles. The van der Waals surface area contributed by atoms with E-state index in [4.69, 9.17) is 14.4 Å². The first-order valence-electron chi connectivity index (χ1n) is 10.1. The van der Waals surface area contributed by atoms with Crippen molar-refractivity contribution in [3.8, 4) is 0 Å². The molecular weight excluding hydrogens is 372 g/mol. The maximum Gasteiger partial charge on any atom is 0.282 e. The van der Waals surface area contributed by atoms with Crippen LogP contribution in [0.2, 0.25) is 0 Å². The molecule has 0 aromatic heterocycles. The lowest BCUT2D eigenvalue weighted by atomic mass is 9.84. The van der Waals surface area contributed by atoms with E-state index in [1.807, 2.05) is 25.8 Å². The second-order valence-corrected chi connectivity index (χ2v) is 7.93. The van der Waals surface area contributed by atoms with Gasteiger partial charge in [-0.05, 0) is 68.4 Å². The zero-order chi connectivity index (χ0) is 21.3. The van der Waals surface area contributed by atoms with Crippen LogP contribution in [0.15, 0.2) is 11.8 Å². The van der Waals surface area contributed by atoms with Crippen LogP contribution in [-0.2, 0) is 19.2 Å². The van der Waals surface area contributed by atoms with Crippen LogP contribution < -0.4 is 0 Å². The molecule has 7 nitrogen and oxygen atoms in total. The average molecular weight is 405 g/mol. The Balaban J connectivity index is 2.10. The van der Waals surface area contributed by atoms with E-state index in [0.29, 0.717) is 38.1 Å². The number of methoxy groups -OCH3 is 1. The number of amides is 1. The predicted octanol–water partition coefficient (Wildman–Crippen LogP) is 3.01. The molecule has 1 fully saturated rings. The largest absolute Gasteiger partial charge is 0.509 e. The third kappa shape index (κ3) is 3.57. The molecule has 2 aliphatic heterocycles. The number of hydrogen-bond donors (Lipinski definition) is 1. The first kappa shape index (κ1) is 21.8. The number of hydroxylamine groups is 4. The summed E-state index contributed by atoms with van der Waals surface area (Å²) in [6, 6.07) is 2.07. The third-order valence-electron chi connectivity index (χ3n) is 6.39. The Bertz CT molecular complexity index is 825. The number of piperidine rings is 1. The molecule has 0 unspecified atom stereocenters. The summed E-state index contributed by atoms with van der Waals surface area (Å²) in [6.45, 7) is 9.89. The highest BCUT2D eigenvalue weighted by atomic mass is 16.7. The van der Waals surface area contributed by atoms with Gasteiger partial charge < -0.3 is 14.7 Å². The monoisotopic (exact) mass is 404 g/mol. The van der Waals surface area contributed by atoms with Gasteiger partial charge in [-0.15, -0.1) is 0 Å². The molecule has 160 valence electrons. The van der Waals surface area contributed by atoms with Gasteiger partial charge in [-0.1, -0.05) is 6.07 Å². The number of hydrogen-bond acceptors (Lipinski definition) is 6. The van der Waals surface area contributed by atoms with E-state index >= 15 is 0 Å². The van der Waals surface area contributed by atoms with Gasteiger partial charge in [0, 0.05) is 20.2 Å². The van der Waals surface area contributed by atoms with E-state index in [-0.39, 0.29) is 18.3 Å². The lowest BCUT2D eigenvalue weighted by molar-refractivity contribution is -0.235. The summed E-state index contributed by atoms with van der Waals surface area (Å²) in [7, 11) is 3.22. The Hall–Kier alpha value is -1.93. The van der Waals surface area contributed by atoms with Crippen molar-refractivity contribution >= 4 is 11.5 Å². The summed E-state index contributed by atoms with van der Waals surface area (Å²) in [4.78, 5) is 24.7. The zero-order valence-corrected chi connectivity index (χ0v) is 18.3. The minimum Gasteiger partial charge on any atom is -0.509 e. The van der Waals surface area contributed by atoms with Crippen molar-refractivity contribution in [1.82, 2.24) is 10.1 Å². The number of aryl methyl sites for hydroxylation is 2. The van der Waals surface area contributed by atoms with Crippen LogP contribution >= 0.6 is 0 Å². The fraction of sp³-hybridized carbons (Fsp3) is 0.591. The maximum absolute atomic E-state index is 13.5. The number of aliphatic hydroxyl groups is 1. The van der Waals surface area contributed by atoms with E-state index in [1.54, 1.807) is 14.2 Å². The molecule has 1 spiro atoms. The van der Waals surface area contributed by atoms with Crippen molar-refractivity contribution in [2.24, 2.45) is 0 Å². The molecule has 0 atom stereocenters. The average Bonchev–Trinajstić information content (AvgIpc) is 2.89. The molecule has 0 bridgehead atoms. The van der Waals surface area contributed by atoms with Crippen LogP contribution in [0.3, 0.4) is 0 Å². The highest BCUT2D eigenvalue weighted by Gasteiger charge is 2.55. The Kier molecular flexibility index (Phi) is 6.33. The molecule has 1 N–H and O–H groups in total. The van der Waals surface area contributed by atoms with Crippen LogP contribution in [0.5, 0.6) is 0 Å². The quantitative estimate of drug-likeness (QED) is 0.735. The van der Waals surface area contributed by atoms with Crippen molar-refractivity contribution < 1.29 is 24.3 Å². The Labute approximate surface area is 172 Å². The number of rotatable bonds is 6. The van der Waals surface area contributed by atoms with Crippen LogP contribution in [0.1, 0.15) is 40.7 Å². The molecule has 29 heavy (non-hydrogen) atoms. The van der Waals surface area contributed by atoms with Crippen molar-refractivity contribution in [2.45, 2.75) is 46.1 Å². The van der Waals surface area contributed by atoms with Gasteiger partial charge in [0.1, 0.15) is 11.3 Å². The topological polar surface area (TPSA) is 71.5 Å². The van der Waals surface area contributed by atoms with Gasteiger partial charge in [0.25, 0.3) is 5.91 Å². The Morgan fingerprint density at radius 1 is 1.03 bits per heavy atom. The highest BCUT2D eigenvalue weighted by molar-refractivity contribution is 6.23. The molecule has 3 rings (SSSR count). The van der Waals surface area contributed by atoms with Crippen molar-refractivity contribution in [3.05, 3.63) is 39.6 Å². The van der Waals surface area contributed by atoms with Gasteiger partial charge in [0.05, 0.1) is 25.9 Å². The summed E-state index contributed by atoms with van der Waals surface area (Å²) in [5, 5.41) is 14.7. The van der Waals surface area contributed by atoms with Crippen molar-refractivity contribution in [1.29, 1.82) is 0 Å². The zero-order valence-electron chi connectivity index (χ0n) is 18.3. The number of ether oxygens (including phenoxy) is 1. The highest BCUT2D eigenvalue weighted by Crippen LogP contribution is 2.46. The first-order valence-corrected chi connectivity index (χ1v) is 10.1. The second-order valence-electron chi connectivity index (χ2n) is 7.93. The molecular formula is C22H32N2O5. The maximum atomic E-state index is 13.5. The van der Waals surface area contributed by atoms with E-state index < -0.39 is 5.54 Å². The summed E-state index contributed by atoms with van der Waals surface area (Å²) in [5.74, 6) is -0.191. The molecule has 1 aromatic carbocycles. The van der Waals surface area contributed by atoms with E-state index in [2.05, 4.69) is 13.0 Å². The van der Waals surface area contributed by atoms with Gasteiger partial charge in [-0.2, -0.15) is 5.06 Å². The Morgan fingerprint density at radius 2 is 1.69 bits per heavy atom. The van der Waals surface area contributed by atoms with Gasteiger partial charge in [-0.3, -0.25) is 9.63 Å². The summed E-state index contributed by atoms with van der Waals surface area (Å²) < 4.78 is 5.09. The number of carbonyl (C=O) groups is 1. The Morgan fingerprint density at radius 3 is 2.28 bits per heavy atom. The number of nitrogens with zero attached hydrogens (tertiary/aromatic N) is 2. The number of benzene rings is 1. The van der Waals surface area contributed by atoms with E-state index in [0.717, 1.165) is 22.3 Å². The lowest BCUT2D eigenvalue weighted by Gasteiger charge is -2.42. The molecule has 1 aromatic rings. The lowest BCUT2D eigenvalue weighted by Crippen LogP contribution is -2.55. The summed E-state index contributed by atoms with van der Waals surface area (Å²) in [5.41, 5.74) is 4.57. The second kappa shape index (κ2) is 8.44. The third-order valence-corrected chi connectivity index (χ3v) is 6.39. The molecule has 1 amide bonds. The molecule has 2 aliphatic rings. The molecule has 2 heterocycles. The normalized spacial score (nSPS) is 19.7. The SMILES string of the molecule is COCCON1C(=O)C(c2c(C)cc(C)c(C)c2C)=C(O)C12CCN(OC)CC2. The minimum absolute atomic E-state index is 0.102. The van der Waals surface area contributed by atoms with Crippen LogP contribution in [0.4, 0.5) is 0 Å². The van der Waals surface area contributed by atoms with Gasteiger partial charge in [-0.25, -0.2) is 5.06 Å². The van der Waals surface area contributed by atoms with Gasteiger partial charge in [0.15, 0.2) is 0 Å². The summed E-state index contributed by atoms with van der Waals surface area (Å²) >= 11 is 0. The van der Waals surface area contributed by atoms with Crippen molar-refractivity contribution in [3.63, 3.8) is 0 Å². The number of aliphatic hydroxyl groups excluding tert-OH is 1. The van der Waals surface area contributed by atoms with Gasteiger partial charge >= 0.3 is 0 Å². The van der Waals surface area contributed by atoms with E-state index in [9.17, 15) is 9.90 Å². The fourth-order valence-corrected chi connectivity index (χ4v) is 4.49. The molecule has 0 aliphatic carbocycles. The predicted molar refractivity (Wildman–Crippen MR) is 110 cm³/mol. The summed E-state index contributed by atoms with van der Waals surface area (Å²) in [6.07, 6.45) is 1.05. The standard InChI is InChI=1S/C22H32N2O5/c1-14-13-15(2)18(17(4)16(14)3)19-20(25)22(7-9-23(28-6)10-8-22)24(21(19)26)29-12-11-27-5/h13,25H,7-12H2,1-6H3. The first-order chi connectivity index (χ1) is 13.8. The van der Waals surface area contributed by atoms with Gasteiger partial charge in [0.2, 0.25) is 0 Å². The van der Waals surface area contributed by atoms with Crippen LogP contribution in [0.25, 0.3) is 5.57 Å². The smallest absolute Gasteiger partial charge is 0.282 e. The fourth-order valence-electron chi connectivity index (χ4n) is 4.49. The molecule has 0 radical (unpaired) electrons.